The monoisotopic (exact) mass is 255 g/mol. The van der Waals surface area contributed by atoms with Gasteiger partial charge >= 0.3 is 0 Å². The zero-order valence-electron chi connectivity index (χ0n) is 10.3. The molecule has 2 rings (SSSR count). The van der Waals surface area contributed by atoms with Crippen molar-refractivity contribution in [3.8, 4) is 5.88 Å². The number of aryl methyl sites for hydroxylation is 1. The highest BCUT2D eigenvalue weighted by Gasteiger charge is 2.23. The van der Waals surface area contributed by atoms with Crippen LogP contribution < -0.4 is 9.64 Å². The van der Waals surface area contributed by atoms with Gasteiger partial charge in [0.05, 0.1) is 6.61 Å². The quantitative estimate of drug-likeness (QED) is 0.774. The van der Waals surface area contributed by atoms with E-state index < -0.39 is 0 Å². The molecule has 4 nitrogen and oxygen atoms in total. The summed E-state index contributed by atoms with van der Waals surface area (Å²) in [6.07, 6.45) is 1.14. The number of ether oxygens (including phenoxy) is 1. The lowest BCUT2D eigenvalue weighted by Gasteiger charge is -2.18. The van der Waals surface area contributed by atoms with Crippen LogP contribution in [-0.2, 0) is 0 Å². The maximum atomic E-state index is 5.89. The van der Waals surface area contributed by atoms with Crippen LogP contribution in [0.1, 0.15) is 19.2 Å². The van der Waals surface area contributed by atoms with Crippen molar-refractivity contribution in [2.24, 2.45) is 5.92 Å². The van der Waals surface area contributed by atoms with Gasteiger partial charge in [-0.2, -0.15) is 4.98 Å². The SMILES string of the molecule is CCOc1cc(N2CCC(CCl)C2)nc(C)n1. The maximum absolute atomic E-state index is 5.89. The average Bonchev–Trinajstić information content (AvgIpc) is 2.77. The lowest BCUT2D eigenvalue weighted by atomic mass is 10.2. The van der Waals surface area contributed by atoms with E-state index in [0.29, 0.717) is 18.4 Å². The molecule has 0 aromatic carbocycles. The normalized spacial score (nSPS) is 19.7. The summed E-state index contributed by atoms with van der Waals surface area (Å²) < 4.78 is 5.44. The van der Waals surface area contributed by atoms with Crippen molar-refractivity contribution in [3.05, 3.63) is 11.9 Å². The smallest absolute Gasteiger partial charge is 0.218 e. The summed E-state index contributed by atoms with van der Waals surface area (Å²) >= 11 is 5.89. The van der Waals surface area contributed by atoms with E-state index in [0.717, 1.165) is 37.0 Å². The first-order valence-corrected chi connectivity index (χ1v) is 6.55. The third-order valence-corrected chi connectivity index (χ3v) is 3.36. The van der Waals surface area contributed by atoms with Crippen molar-refractivity contribution in [1.29, 1.82) is 0 Å². The third-order valence-electron chi connectivity index (χ3n) is 2.92. The number of aromatic nitrogens is 2. The van der Waals surface area contributed by atoms with Gasteiger partial charge in [0.1, 0.15) is 11.6 Å². The topological polar surface area (TPSA) is 38.2 Å². The number of hydrogen-bond donors (Lipinski definition) is 0. The van der Waals surface area contributed by atoms with Gasteiger partial charge in [-0.1, -0.05) is 0 Å². The van der Waals surface area contributed by atoms with Gasteiger partial charge in [0, 0.05) is 25.0 Å². The Kier molecular flexibility index (Phi) is 4.05. The molecule has 1 aromatic rings. The number of anilines is 1. The molecule has 94 valence electrons. The number of rotatable bonds is 4. The van der Waals surface area contributed by atoms with Crippen LogP contribution in [0.2, 0.25) is 0 Å². The van der Waals surface area contributed by atoms with Crippen LogP contribution >= 0.6 is 11.6 Å². The molecule has 0 saturated carbocycles. The van der Waals surface area contributed by atoms with E-state index in [9.17, 15) is 0 Å². The molecule has 1 aliphatic rings. The molecule has 17 heavy (non-hydrogen) atoms. The van der Waals surface area contributed by atoms with E-state index >= 15 is 0 Å². The highest BCUT2D eigenvalue weighted by atomic mass is 35.5. The number of hydrogen-bond acceptors (Lipinski definition) is 4. The van der Waals surface area contributed by atoms with E-state index in [1.807, 2.05) is 19.9 Å². The summed E-state index contributed by atoms with van der Waals surface area (Å²) in [5, 5.41) is 0. The molecule has 0 N–H and O–H groups in total. The highest BCUT2D eigenvalue weighted by molar-refractivity contribution is 6.18. The second-order valence-corrected chi connectivity index (χ2v) is 4.61. The van der Waals surface area contributed by atoms with Gasteiger partial charge in [-0.15, -0.1) is 11.6 Å². The van der Waals surface area contributed by atoms with E-state index in [2.05, 4.69) is 14.9 Å². The lowest BCUT2D eigenvalue weighted by Crippen LogP contribution is -2.21. The largest absolute Gasteiger partial charge is 0.478 e. The first-order chi connectivity index (χ1) is 8.22. The molecule has 2 heterocycles. The molecule has 1 atom stereocenters. The van der Waals surface area contributed by atoms with E-state index in [4.69, 9.17) is 16.3 Å². The second-order valence-electron chi connectivity index (χ2n) is 4.30. The van der Waals surface area contributed by atoms with Crippen LogP contribution in [-0.4, -0.2) is 35.5 Å². The molecular weight excluding hydrogens is 238 g/mol. The van der Waals surface area contributed by atoms with Crippen LogP contribution in [0.4, 0.5) is 5.82 Å². The van der Waals surface area contributed by atoms with E-state index in [1.54, 1.807) is 0 Å². The van der Waals surface area contributed by atoms with Crippen LogP contribution in [0, 0.1) is 12.8 Å². The van der Waals surface area contributed by atoms with Crippen molar-refractivity contribution in [3.63, 3.8) is 0 Å². The van der Waals surface area contributed by atoms with Gasteiger partial charge in [0.2, 0.25) is 5.88 Å². The van der Waals surface area contributed by atoms with Gasteiger partial charge in [-0.05, 0) is 26.2 Å². The molecule has 1 unspecified atom stereocenters. The predicted octanol–water partition coefficient (Wildman–Crippen LogP) is 2.25. The minimum absolute atomic E-state index is 0.572. The lowest BCUT2D eigenvalue weighted by molar-refractivity contribution is 0.325. The van der Waals surface area contributed by atoms with Crippen molar-refractivity contribution < 1.29 is 4.74 Å². The Morgan fingerprint density at radius 2 is 2.35 bits per heavy atom. The zero-order chi connectivity index (χ0) is 12.3. The summed E-state index contributed by atoms with van der Waals surface area (Å²) in [6.45, 7) is 6.46. The molecule has 0 aliphatic carbocycles. The van der Waals surface area contributed by atoms with E-state index in [1.165, 1.54) is 0 Å². The Balaban J connectivity index is 2.15. The van der Waals surface area contributed by atoms with Gasteiger partial charge in [0.15, 0.2) is 0 Å². The fourth-order valence-corrected chi connectivity index (χ4v) is 2.33. The zero-order valence-corrected chi connectivity index (χ0v) is 11.1. The third kappa shape index (κ3) is 3.00. The fraction of sp³-hybridized carbons (Fsp3) is 0.667. The van der Waals surface area contributed by atoms with Gasteiger partial charge in [-0.3, -0.25) is 0 Å². The van der Waals surface area contributed by atoms with Gasteiger partial charge in [-0.25, -0.2) is 4.98 Å². The molecule has 1 fully saturated rings. The summed E-state index contributed by atoms with van der Waals surface area (Å²) in [5.41, 5.74) is 0. The Bertz CT molecular complexity index is 386. The molecule has 0 bridgehead atoms. The Morgan fingerprint density at radius 3 is 3.00 bits per heavy atom. The molecule has 0 spiro atoms. The molecular formula is C12H18ClN3O. The molecule has 1 aromatic heterocycles. The minimum atomic E-state index is 0.572. The first-order valence-electron chi connectivity index (χ1n) is 6.02. The summed E-state index contributed by atoms with van der Waals surface area (Å²) in [4.78, 5) is 11.0. The van der Waals surface area contributed by atoms with Crippen LogP contribution in [0.25, 0.3) is 0 Å². The molecule has 5 heteroatoms. The van der Waals surface area contributed by atoms with Crippen LogP contribution in [0.15, 0.2) is 6.07 Å². The fourth-order valence-electron chi connectivity index (χ4n) is 2.08. The average molecular weight is 256 g/mol. The van der Waals surface area contributed by atoms with Gasteiger partial charge < -0.3 is 9.64 Å². The number of halogens is 1. The molecule has 1 aliphatic heterocycles. The van der Waals surface area contributed by atoms with Crippen molar-refractivity contribution in [1.82, 2.24) is 9.97 Å². The van der Waals surface area contributed by atoms with Crippen LogP contribution in [0.5, 0.6) is 5.88 Å². The molecule has 0 radical (unpaired) electrons. The number of nitrogens with zero attached hydrogens (tertiary/aromatic N) is 3. The van der Waals surface area contributed by atoms with Crippen molar-refractivity contribution in [2.75, 3.05) is 30.5 Å². The standard InChI is InChI=1S/C12H18ClN3O/c1-3-17-12-6-11(14-9(2)15-12)16-5-4-10(7-13)8-16/h6,10H,3-5,7-8H2,1-2H3. The molecule has 0 amide bonds. The number of alkyl halides is 1. The summed E-state index contributed by atoms with van der Waals surface area (Å²) in [6, 6.07) is 1.91. The minimum Gasteiger partial charge on any atom is -0.478 e. The van der Waals surface area contributed by atoms with E-state index in [-0.39, 0.29) is 0 Å². The first kappa shape index (κ1) is 12.4. The van der Waals surface area contributed by atoms with Crippen molar-refractivity contribution >= 4 is 17.4 Å². The Labute approximate surface area is 107 Å². The highest BCUT2D eigenvalue weighted by Crippen LogP contribution is 2.25. The maximum Gasteiger partial charge on any atom is 0.218 e. The molecule has 1 saturated heterocycles. The summed E-state index contributed by atoms with van der Waals surface area (Å²) in [7, 11) is 0. The predicted molar refractivity (Wildman–Crippen MR) is 69.0 cm³/mol. The van der Waals surface area contributed by atoms with Gasteiger partial charge in [0.25, 0.3) is 0 Å². The Hall–Kier alpha value is -1.03. The Morgan fingerprint density at radius 1 is 1.53 bits per heavy atom. The van der Waals surface area contributed by atoms with Crippen LogP contribution in [0.3, 0.4) is 0 Å². The summed E-state index contributed by atoms with van der Waals surface area (Å²) in [5.74, 6) is 3.65. The second kappa shape index (κ2) is 5.54. The van der Waals surface area contributed by atoms with Crippen molar-refractivity contribution in [2.45, 2.75) is 20.3 Å².